The van der Waals surface area contributed by atoms with E-state index in [-0.39, 0.29) is 18.4 Å². The van der Waals surface area contributed by atoms with Gasteiger partial charge in [0.15, 0.2) is 0 Å². The fourth-order valence-electron chi connectivity index (χ4n) is 1.32. The van der Waals surface area contributed by atoms with Crippen LogP contribution in [0, 0.1) is 0 Å². The summed E-state index contributed by atoms with van der Waals surface area (Å²) in [7, 11) is -3.28. The minimum absolute atomic E-state index is 0.0534. The van der Waals surface area contributed by atoms with Gasteiger partial charge >= 0.3 is 0 Å². The molecule has 0 aliphatic carbocycles. The van der Waals surface area contributed by atoms with Crippen LogP contribution in [0.2, 0.25) is 0 Å². The van der Waals surface area contributed by atoms with Crippen molar-refractivity contribution >= 4 is 15.7 Å². The van der Waals surface area contributed by atoms with Crippen molar-refractivity contribution in [3.05, 3.63) is 24.3 Å². The monoisotopic (exact) mass is 272 g/mol. The summed E-state index contributed by atoms with van der Waals surface area (Å²) in [4.78, 5) is 0. The number of nitrogens with two attached hydrogens (primary N) is 1. The van der Waals surface area contributed by atoms with Crippen molar-refractivity contribution in [2.45, 2.75) is 26.3 Å². The Hall–Kier alpha value is -1.27. The summed E-state index contributed by atoms with van der Waals surface area (Å²) in [6.45, 7) is 3.86. The maximum absolute atomic E-state index is 11.6. The molecule has 0 fully saturated rings. The highest BCUT2D eigenvalue weighted by atomic mass is 32.2. The first-order valence-electron chi connectivity index (χ1n) is 5.91. The lowest BCUT2D eigenvalue weighted by molar-refractivity contribution is 0.340. The fourth-order valence-corrected chi connectivity index (χ4v) is 2.52. The molecule has 1 aromatic rings. The van der Waals surface area contributed by atoms with Crippen LogP contribution in [0.5, 0.6) is 5.75 Å². The van der Waals surface area contributed by atoms with Crippen molar-refractivity contribution < 1.29 is 13.2 Å². The van der Waals surface area contributed by atoms with Crippen molar-refractivity contribution in [2.75, 3.05) is 18.1 Å². The van der Waals surface area contributed by atoms with E-state index in [0.29, 0.717) is 11.4 Å². The normalized spacial score (nSPS) is 13.2. The lowest BCUT2D eigenvalue weighted by Gasteiger charge is -2.12. The number of sulfonamides is 1. The largest absolute Gasteiger partial charge is 0.492 e. The Morgan fingerprint density at radius 3 is 2.78 bits per heavy atom. The van der Waals surface area contributed by atoms with Crippen LogP contribution in [0.15, 0.2) is 24.3 Å². The Morgan fingerprint density at radius 1 is 1.44 bits per heavy atom. The van der Waals surface area contributed by atoms with Crippen LogP contribution in [-0.4, -0.2) is 26.8 Å². The smallest absolute Gasteiger partial charge is 0.215 e. The Morgan fingerprint density at radius 2 is 2.17 bits per heavy atom. The summed E-state index contributed by atoms with van der Waals surface area (Å²) in [5, 5.41) is 0. The van der Waals surface area contributed by atoms with E-state index < -0.39 is 10.0 Å². The average molecular weight is 272 g/mol. The zero-order chi connectivity index (χ0) is 13.6. The Kier molecular flexibility index (Phi) is 5.43. The minimum atomic E-state index is -3.28. The van der Waals surface area contributed by atoms with E-state index in [1.54, 1.807) is 24.3 Å². The molecule has 0 saturated heterocycles. The molecule has 0 aliphatic rings. The molecule has 0 aliphatic heterocycles. The number of benzene rings is 1. The molecule has 0 radical (unpaired) electrons. The second kappa shape index (κ2) is 6.61. The summed E-state index contributed by atoms with van der Waals surface area (Å²) < 4.78 is 31.2. The molecule has 0 saturated carbocycles. The van der Waals surface area contributed by atoms with Gasteiger partial charge in [0, 0.05) is 17.8 Å². The van der Waals surface area contributed by atoms with Crippen LogP contribution < -0.4 is 15.2 Å². The van der Waals surface area contributed by atoms with Gasteiger partial charge in [0.1, 0.15) is 12.4 Å². The van der Waals surface area contributed by atoms with Gasteiger partial charge in [-0.25, -0.2) is 13.1 Å². The molecule has 0 spiro atoms. The topological polar surface area (TPSA) is 81.4 Å². The Labute approximate surface area is 108 Å². The lowest BCUT2D eigenvalue weighted by atomic mass is 10.3. The summed E-state index contributed by atoms with van der Waals surface area (Å²) in [6.07, 6.45) is 0.759. The third-order valence-corrected chi connectivity index (χ3v) is 3.94. The van der Waals surface area contributed by atoms with Gasteiger partial charge in [0.2, 0.25) is 10.0 Å². The van der Waals surface area contributed by atoms with Crippen molar-refractivity contribution in [1.29, 1.82) is 0 Å². The standard InChI is InChI=1S/C12H20N2O3S/c1-3-10(2)14-18(15,16)8-7-17-12-6-4-5-11(13)9-12/h4-6,9-10,14H,3,7-8,13H2,1-2H3. The highest BCUT2D eigenvalue weighted by molar-refractivity contribution is 7.89. The first-order chi connectivity index (χ1) is 8.43. The van der Waals surface area contributed by atoms with Gasteiger partial charge < -0.3 is 10.5 Å². The van der Waals surface area contributed by atoms with Crippen LogP contribution in [-0.2, 0) is 10.0 Å². The molecule has 0 aromatic heterocycles. The van der Waals surface area contributed by atoms with Gasteiger partial charge in [0.25, 0.3) is 0 Å². The minimum Gasteiger partial charge on any atom is -0.492 e. The van der Waals surface area contributed by atoms with Crippen molar-refractivity contribution in [2.24, 2.45) is 0 Å². The molecule has 102 valence electrons. The predicted molar refractivity (Wildman–Crippen MR) is 73.0 cm³/mol. The number of ether oxygens (including phenoxy) is 1. The van der Waals surface area contributed by atoms with E-state index >= 15 is 0 Å². The molecule has 0 bridgehead atoms. The Balaban J connectivity index is 2.42. The SMILES string of the molecule is CCC(C)NS(=O)(=O)CCOc1cccc(N)c1. The number of hydrogen-bond donors (Lipinski definition) is 2. The fraction of sp³-hybridized carbons (Fsp3) is 0.500. The molecule has 1 rings (SSSR count). The third-order valence-electron chi connectivity index (χ3n) is 2.47. The van der Waals surface area contributed by atoms with Crippen LogP contribution in [0.3, 0.4) is 0 Å². The van der Waals surface area contributed by atoms with Crippen LogP contribution in [0.25, 0.3) is 0 Å². The van der Waals surface area contributed by atoms with Gasteiger partial charge in [-0.05, 0) is 25.5 Å². The van der Waals surface area contributed by atoms with E-state index in [9.17, 15) is 8.42 Å². The number of nitrogens with one attached hydrogen (secondary N) is 1. The summed E-state index contributed by atoms with van der Waals surface area (Å²) in [5.74, 6) is 0.514. The highest BCUT2D eigenvalue weighted by Gasteiger charge is 2.13. The lowest BCUT2D eigenvalue weighted by Crippen LogP contribution is -2.35. The van der Waals surface area contributed by atoms with Gasteiger partial charge in [-0.15, -0.1) is 0 Å². The van der Waals surface area contributed by atoms with E-state index in [1.165, 1.54) is 0 Å². The van der Waals surface area contributed by atoms with Crippen molar-refractivity contribution in [1.82, 2.24) is 4.72 Å². The zero-order valence-electron chi connectivity index (χ0n) is 10.7. The molecule has 0 heterocycles. The molecule has 5 nitrogen and oxygen atoms in total. The van der Waals surface area contributed by atoms with Crippen LogP contribution >= 0.6 is 0 Å². The maximum atomic E-state index is 11.6. The summed E-state index contributed by atoms with van der Waals surface area (Å²) in [6, 6.07) is 6.85. The summed E-state index contributed by atoms with van der Waals surface area (Å²) in [5.41, 5.74) is 6.18. The highest BCUT2D eigenvalue weighted by Crippen LogP contribution is 2.14. The molecule has 1 unspecified atom stereocenters. The van der Waals surface area contributed by atoms with Gasteiger partial charge in [0.05, 0.1) is 5.75 Å². The van der Waals surface area contributed by atoms with Crippen molar-refractivity contribution in [3.63, 3.8) is 0 Å². The zero-order valence-corrected chi connectivity index (χ0v) is 11.5. The second-order valence-electron chi connectivity index (χ2n) is 4.17. The number of anilines is 1. The molecular formula is C12H20N2O3S. The second-order valence-corrected chi connectivity index (χ2v) is 6.04. The number of hydrogen-bond acceptors (Lipinski definition) is 4. The molecular weight excluding hydrogens is 252 g/mol. The average Bonchev–Trinajstić information content (AvgIpc) is 2.28. The van der Waals surface area contributed by atoms with Gasteiger partial charge in [-0.1, -0.05) is 13.0 Å². The first-order valence-corrected chi connectivity index (χ1v) is 7.56. The molecule has 1 atom stereocenters. The maximum Gasteiger partial charge on any atom is 0.215 e. The molecule has 18 heavy (non-hydrogen) atoms. The molecule has 1 aromatic carbocycles. The third kappa shape index (κ3) is 5.37. The molecule has 3 N–H and O–H groups in total. The van der Waals surface area contributed by atoms with Gasteiger partial charge in [-0.2, -0.15) is 0 Å². The van der Waals surface area contributed by atoms with Crippen LogP contribution in [0.4, 0.5) is 5.69 Å². The number of nitrogen functional groups attached to an aromatic ring is 1. The Bertz CT molecular complexity index is 474. The molecule has 0 amide bonds. The van der Waals surface area contributed by atoms with E-state index in [0.717, 1.165) is 6.42 Å². The summed E-state index contributed by atoms with van der Waals surface area (Å²) >= 11 is 0. The molecule has 6 heteroatoms. The predicted octanol–water partition coefficient (Wildman–Crippen LogP) is 1.37. The van der Waals surface area contributed by atoms with Crippen molar-refractivity contribution in [3.8, 4) is 5.75 Å². The van der Waals surface area contributed by atoms with E-state index in [2.05, 4.69) is 4.72 Å². The van der Waals surface area contributed by atoms with E-state index in [1.807, 2.05) is 13.8 Å². The van der Waals surface area contributed by atoms with Crippen LogP contribution in [0.1, 0.15) is 20.3 Å². The number of rotatable bonds is 7. The first kappa shape index (κ1) is 14.8. The quantitative estimate of drug-likeness (QED) is 0.734. The van der Waals surface area contributed by atoms with E-state index in [4.69, 9.17) is 10.5 Å². The van der Waals surface area contributed by atoms with Gasteiger partial charge in [-0.3, -0.25) is 0 Å².